The van der Waals surface area contributed by atoms with Crippen LogP contribution in [0.2, 0.25) is 0 Å². The molecule has 0 fully saturated rings. The van der Waals surface area contributed by atoms with Gasteiger partial charge in [-0.3, -0.25) is 9.87 Å². The highest BCUT2D eigenvalue weighted by atomic mass is 19.1. The number of pyridine rings is 1. The molecule has 1 heterocycles. The van der Waals surface area contributed by atoms with Crippen LogP contribution in [0, 0.1) is 5.82 Å². The molecule has 0 atom stereocenters. The third kappa shape index (κ3) is 3.10. The van der Waals surface area contributed by atoms with Gasteiger partial charge in [-0.25, -0.2) is 9.18 Å². The number of rotatable bonds is 4. The molecule has 3 aromatic rings. The second kappa shape index (κ2) is 6.32. The van der Waals surface area contributed by atoms with Gasteiger partial charge in [-0.1, -0.05) is 30.3 Å². The third-order valence-corrected chi connectivity index (χ3v) is 3.14. The van der Waals surface area contributed by atoms with Crippen molar-refractivity contribution >= 4 is 16.9 Å². The van der Waals surface area contributed by atoms with E-state index in [1.165, 1.54) is 12.1 Å². The Balaban J connectivity index is 1.67. The summed E-state index contributed by atoms with van der Waals surface area (Å²) in [5.74, 6) is -0.926. The number of aromatic nitrogens is 1. The summed E-state index contributed by atoms with van der Waals surface area (Å²) in [6.45, 7) is 0.0506. The fraction of sp³-hybridized carbons (Fsp3) is 0.0588. The first-order chi connectivity index (χ1) is 10.7. The monoisotopic (exact) mass is 297 g/mol. The molecule has 5 heteroatoms. The van der Waals surface area contributed by atoms with Crippen molar-refractivity contribution in [2.75, 3.05) is 0 Å². The van der Waals surface area contributed by atoms with E-state index in [0.29, 0.717) is 22.0 Å². The van der Waals surface area contributed by atoms with Crippen LogP contribution in [0.3, 0.4) is 0 Å². The van der Waals surface area contributed by atoms with Crippen LogP contribution in [0.15, 0.2) is 60.8 Å². The highest BCUT2D eigenvalue weighted by Crippen LogP contribution is 2.17. The Morgan fingerprint density at radius 1 is 1.05 bits per heavy atom. The SMILES string of the molecule is O=C(OOCc1ccc(F)cc1)c1ccnc2ccccc12. The number of hydrogen-bond donors (Lipinski definition) is 0. The van der Waals surface area contributed by atoms with Gasteiger partial charge in [0.05, 0.1) is 11.1 Å². The number of benzene rings is 2. The molecule has 0 amide bonds. The Morgan fingerprint density at radius 3 is 2.64 bits per heavy atom. The van der Waals surface area contributed by atoms with E-state index in [4.69, 9.17) is 9.78 Å². The molecule has 0 aliphatic carbocycles. The van der Waals surface area contributed by atoms with Crippen LogP contribution in [-0.4, -0.2) is 11.0 Å². The quantitative estimate of drug-likeness (QED) is 0.544. The van der Waals surface area contributed by atoms with E-state index < -0.39 is 5.97 Å². The Hall–Kier alpha value is -2.79. The molecule has 0 N–H and O–H groups in total. The van der Waals surface area contributed by atoms with Crippen LogP contribution in [0.4, 0.5) is 4.39 Å². The lowest BCUT2D eigenvalue weighted by molar-refractivity contribution is -0.250. The summed E-state index contributed by atoms with van der Waals surface area (Å²) >= 11 is 0. The first kappa shape index (κ1) is 14.2. The van der Waals surface area contributed by atoms with Gasteiger partial charge in [0.1, 0.15) is 12.4 Å². The van der Waals surface area contributed by atoms with Crippen molar-refractivity contribution in [1.29, 1.82) is 0 Å². The molecule has 0 radical (unpaired) electrons. The Labute approximate surface area is 126 Å². The molecule has 0 spiro atoms. The zero-order chi connectivity index (χ0) is 15.4. The average Bonchev–Trinajstić information content (AvgIpc) is 2.56. The highest BCUT2D eigenvalue weighted by Gasteiger charge is 2.12. The topological polar surface area (TPSA) is 48.4 Å². The number of carbonyl (C=O) groups is 1. The van der Waals surface area contributed by atoms with Gasteiger partial charge in [-0.2, -0.15) is 4.89 Å². The first-order valence-electron chi connectivity index (χ1n) is 6.66. The molecule has 0 aliphatic heterocycles. The molecule has 0 unspecified atom stereocenters. The molecule has 0 aliphatic rings. The maximum Gasteiger partial charge on any atom is 0.373 e. The molecule has 110 valence electrons. The average molecular weight is 297 g/mol. The maximum absolute atomic E-state index is 12.8. The van der Waals surface area contributed by atoms with E-state index >= 15 is 0 Å². The van der Waals surface area contributed by atoms with Crippen molar-refractivity contribution in [3.63, 3.8) is 0 Å². The predicted octanol–water partition coefficient (Wildman–Crippen LogP) is 3.66. The van der Waals surface area contributed by atoms with E-state index in [2.05, 4.69) is 4.98 Å². The molecule has 3 rings (SSSR count). The summed E-state index contributed by atoms with van der Waals surface area (Å²) in [6, 6.07) is 14.6. The van der Waals surface area contributed by atoms with E-state index in [1.807, 2.05) is 18.2 Å². The fourth-order valence-corrected chi connectivity index (χ4v) is 2.05. The van der Waals surface area contributed by atoms with Crippen molar-refractivity contribution in [3.05, 3.63) is 77.7 Å². The van der Waals surface area contributed by atoms with Gasteiger partial charge in [0.15, 0.2) is 0 Å². The van der Waals surface area contributed by atoms with E-state index in [0.717, 1.165) is 0 Å². The summed E-state index contributed by atoms with van der Waals surface area (Å²) in [7, 11) is 0. The second-order valence-corrected chi connectivity index (χ2v) is 4.64. The molecule has 1 aromatic heterocycles. The third-order valence-electron chi connectivity index (χ3n) is 3.14. The van der Waals surface area contributed by atoms with Crippen LogP contribution >= 0.6 is 0 Å². The van der Waals surface area contributed by atoms with Crippen molar-refractivity contribution in [2.45, 2.75) is 6.61 Å². The van der Waals surface area contributed by atoms with E-state index in [1.54, 1.807) is 30.5 Å². The molecule has 0 saturated heterocycles. The molecular weight excluding hydrogens is 285 g/mol. The zero-order valence-corrected chi connectivity index (χ0v) is 11.5. The van der Waals surface area contributed by atoms with Gasteiger partial charge in [0.25, 0.3) is 0 Å². The highest BCUT2D eigenvalue weighted by molar-refractivity contribution is 6.02. The zero-order valence-electron chi connectivity index (χ0n) is 11.5. The second-order valence-electron chi connectivity index (χ2n) is 4.64. The largest absolute Gasteiger partial charge is 0.373 e. The van der Waals surface area contributed by atoms with E-state index in [-0.39, 0.29) is 12.4 Å². The number of hydrogen-bond acceptors (Lipinski definition) is 4. The van der Waals surface area contributed by atoms with Gasteiger partial charge in [0.2, 0.25) is 0 Å². The van der Waals surface area contributed by atoms with Gasteiger partial charge in [-0.05, 0) is 29.8 Å². The fourth-order valence-electron chi connectivity index (χ4n) is 2.05. The summed E-state index contributed by atoms with van der Waals surface area (Å²) in [5.41, 5.74) is 1.79. The standard InChI is InChI=1S/C17H12FNO3/c18-13-7-5-12(6-8-13)11-21-22-17(20)15-9-10-19-16-4-2-1-3-14(15)16/h1-10H,11H2. The first-order valence-corrected chi connectivity index (χ1v) is 6.66. The minimum absolute atomic E-state index is 0.0506. The number of halogens is 1. The number of para-hydroxylation sites is 1. The van der Waals surface area contributed by atoms with Crippen LogP contribution in [0.25, 0.3) is 10.9 Å². The number of fused-ring (bicyclic) bond motifs is 1. The molecule has 4 nitrogen and oxygen atoms in total. The summed E-state index contributed by atoms with van der Waals surface area (Å²) in [6.07, 6.45) is 1.54. The number of nitrogens with zero attached hydrogens (tertiary/aromatic N) is 1. The summed E-state index contributed by atoms with van der Waals surface area (Å²) < 4.78 is 12.8. The van der Waals surface area contributed by atoms with E-state index in [9.17, 15) is 9.18 Å². The van der Waals surface area contributed by atoms with Gasteiger partial charge >= 0.3 is 5.97 Å². The van der Waals surface area contributed by atoms with Crippen LogP contribution < -0.4 is 0 Å². The van der Waals surface area contributed by atoms with Crippen molar-refractivity contribution in [1.82, 2.24) is 4.98 Å². The van der Waals surface area contributed by atoms with Crippen molar-refractivity contribution in [3.8, 4) is 0 Å². The van der Waals surface area contributed by atoms with Crippen molar-refractivity contribution < 1.29 is 19.0 Å². The minimum atomic E-state index is -0.597. The predicted molar refractivity (Wildman–Crippen MR) is 78.3 cm³/mol. The van der Waals surface area contributed by atoms with Gasteiger partial charge < -0.3 is 0 Å². The summed E-state index contributed by atoms with van der Waals surface area (Å²) in [5, 5.41) is 0.695. The van der Waals surface area contributed by atoms with Crippen LogP contribution in [0.1, 0.15) is 15.9 Å². The lowest BCUT2D eigenvalue weighted by Crippen LogP contribution is -2.07. The van der Waals surface area contributed by atoms with Crippen LogP contribution in [0.5, 0.6) is 0 Å². The molecule has 2 aromatic carbocycles. The van der Waals surface area contributed by atoms with Crippen LogP contribution in [-0.2, 0) is 16.4 Å². The maximum atomic E-state index is 12.8. The normalized spacial score (nSPS) is 10.6. The molecule has 22 heavy (non-hydrogen) atoms. The smallest absolute Gasteiger partial charge is 0.292 e. The van der Waals surface area contributed by atoms with Gasteiger partial charge in [0, 0.05) is 11.6 Å². The Kier molecular flexibility index (Phi) is 4.07. The molecule has 0 bridgehead atoms. The lowest BCUT2D eigenvalue weighted by Gasteiger charge is -2.06. The van der Waals surface area contributed by atoms with Crippen molar-refractivity contribution in [2.24, 2.45) is 0 Å². The minimum Gasteiger partial charge on any atom is -0.292 e. The number of carbonyl (C=O) groups excluding carboxylic acids is 1. The molecule has 0 saturated carbocycles. The molecular formula is C17H12FNO3. The summed E-state index contributed by atoms with van der Waals surface area (Å²) in [4.78, 5) is 26.0. The Bertz CT molecular complexity index is 797. The Morgan fingerprint density at radius 2 is 1.82 bits per heavy atom. The lowest BCUT2D eigenvalue weighted by atomic mass is 10.1. The van der Waals surface area contributed by atoms with Gasteiger partial charge in [-0.15, -0.1) is 0 Å².